The van der Waals surface area contributed by atoms with Gasteiger partial charge in [0.15, 0.2) is 0 Å². The third kappa shape index (κ3) is 2.15. The van der Waals surface area contributed by atoms with Crippen molar-refractivity contribution < 1.29 is 9.53 Å². The molecule has 0 saturated carbocycles. The molecule has 2 aliphatic heterocycles. The minimum Gasteiger partial charge on any atom is -0.459 e. The van der Waals surface area contributed by atoms with Crippen LogP contribution in [0.5, 0.6) is 0 Å². The van der Waals surface area contributed by atoms with Crippen molar-refractivity contribution in [2.24, 2.45) is 0 Å². The number of hydrogen-bond acceptors (Lipinski definition) is 3. The summed E-state index contributed by atoms with van der Waals surface area (Å²) < 4.78 is 5.64. The second-order valence-corrected chi connectivity index (χ2v) is 5.42. The van der Waals surface area contributed by atoms with Crippen molar-refractivity contribution in [2.75, 3.05) is 7.05 Å². The zero-order valence-corrected chi connectivity index (χ0v) is 10.7. The number of esters is 1. The van der Waals surface area contributed by atoms with Crippen molar-refractivity contribution in [1.82, 2.24) is 4.90 Å². The Morgan fingerprint density at radius 1 is 1.17 bits per heavy atom. The third-order valence-corrected chi connectivity index (χ3v) is 4.34. The van der Waals surface area contributed by atoms with Gasteiger partial charge in [0.25, 0.3) is 0 Å². The molecule has 3 nitrogen and oxygen atoms in total. The summed E-state index contributed by atoms with van der Waals surface area (Å²) in [5.74, 6) is -0.176. The number of ether oxygens (including phenoxy) is 1. The molecule has 1 unspecified atom stereocenters. The van der Waals surface area contributed by atoms with Gasteiger partial charge in [0, 0.05) is 24.9 Å². The van der Waals surface area contributed by atoms with E-state index in [1.807, 2.05) is 30.3 Å². The normalized spacial score (nSPS) is 31.3. The van der Waals surface area contributed by atoms with Crippen LogP contribution in [0.4, 0.5) is 0 Å². The van der Waals surface area contributed by atoms with Gasteiger partial charge in [-0.3, -0.25) is 0 Å². The Bertz CT molecular complexity index is 417. The van der Waals surface area contributed by atoms with Crippen LogP contribution >= 0.6 is 0 Å². The summed E-state index contributed by atoms with van der Waals surface area (Å²) in [4.78, 5) is 14.4. The molecule has 0 radical (unpaired) electrons. The first-order chi connectivity index (χ1) is 8.74. The van der Waals surface area contributed by atoms with E-state index in [4.69, 9.17) is 4.74 Å². The molecule has 18 heavy (non-hydrogen) atoms. The van der Waals surface area contributed by atoms with Crippen LogP contribution in [-0.2, 0) is 4.74 Å². The van der Waals surface area contributed by atoms with Gasteiger partial charge >= 0.3 is 5.97 Å². The van der Waals surface area contributed by atoms with Crippen molar-refractivity contribution >= 4 is 5.97 Å². The maximum atomic E-state index is 12.0. The molecule has 1 aromatic carbocycles. The maximum Gasteiger partial charge on any atom is 0.338 e. The molecule has 2 fully saturated rings. The quantitative estimate of drug-likeness (QED) is 0.750. The predicted octanol–water partition coefficient (Wildman–Crippen LogP) is 2.47. The van der Waals surface area contributed by atoms with Crippen molar-refractivity contribution in [3.63, 3.8) is 0 Å². The molecule has 96 valence electrons. The largest absolute Gasteiger partial charge is 0.459 e. The van der Waals surface area contributed by atoms with Crippen LogP contribution in [0.1, 0.15) is 36.0 Å². The van der Waals surface area contributed by atoms with E-state index in [0.717, 1.165) is 12.8 Å². The first-order valence-corrected chi connectivity index (χ1v) is 6.72. The molecule has 3 rings (SSSR count). The van der Waals surface area contributed by atoms with Crippen molar-refractivity contribution in [2.45, 2.75) is 43.9 Å². The summed E-state index contributed by atoms with van der Waals surface area (Å²) in [6.07, 6.45) is 4.59. The molecule has 0 aromatic heterocycles. The fraction of sp³-hybridized carbons (Fsp3) is 0.533. The average Bonchev–Trinajstić information content (AvgIpc) is 2.63. The number of carbonyl (C=O) groups excluding carboxylic acids is 1. The molecule has 2 bridgehead atoms. The minimum atomic E-state index is -0.176. The number of benzene rings is 1. The number of hydrogen-bond donors (Lipinski definition) is 0. The van der Waals surface area contributed by atoms with Gasteiger partial charge in [-0.15, -0.1) is 0 Å². The highest BCUT2D eigenvalue weighted by atomic mass is 16.5. The van der Waals surface area contributed by atoms with Crippen LogP contribution in [0.25, 0.3) is 0 Å². The van der Waals surface area contributed by atoms with Crippen molar-refractivity contribution in [3.05, 3.63) is 35.9 Å². The molecule has 1 aromatic rings. The fourth-order valence-corrected chi connectivity index (χ4v) is 3.25. The van der Waals surface area contributed by atoms with Gasteiger partial charge in [0.1, 0.15) is 6.10 Å². The van der Waals surface area contributed by atoms with E-state index < -0.39 is 0 Å². The highest BCUT2D eigenvalue weighted by Gasteiger charge is 2.39. The highest BCUT2D eigenvalue weighted by Crippen LogP contribution is 2.35. The number of rotatable bonds is 2. The van der Waals surface area contributed by atoms with Crippen LogP contribution in [0.3, 0.4) is 0 Å². The lowest BCUT2D eigenvalue weighted by Crippen LogP contribution is -2.43. The Kier molecular flexibility index (Phi) is 3.08. The van der Waals surface area contributed by atoms with Crippen molar-refractivity contribution in [1.29, 1.82) is 0 Å². The molecular weight excluding hydrogens is 226 g/mol. The van der Waals surface area contributed by atoms with Crippen molar-refractivity contribution in [3.8, 4) is 0 Å². The first-order valence-electron chi connectivity index (χ1n) is 6.72. The Morgan fingerprint density at radius 2 is 1.78 bits per heavy atom. The van der Waals surface area contributed by atoms with E-state index >= 15 is 0 Å². The standard InChI is InChI=1S/C15H19NO2/c1-16-12-7-8-13(16)10-14(9-12)18-15(17)11-5-3-2-4-6-11/h2-6,12-14H,7-10H2,1H3/t12-,13+,14?. The minimum absolute atomic E-state index is 0.103. The summed E-state index contributed by atoms with van der Waals surface area (Å²) in [5.41, 5.74) is 0.656. The van der Waals surface area contributed by atoms with E-state index in [0.29, 0.717) is 17.6 Å². The number of fused-ring (bicyclic) bond motifs is 2. The van der Waals surface area contributed by atoms with E-state index in [2.05, 4.69) is 11.9 Å². The Morgan fingerprint density at radius 3 is 2.39 bits per heavy atom. The topological polar surface area (TPSA) is 29.5 Å². The fourth-order valence-electron chi connectivity index (χ4n) is 3.25. The first kappa shape index (κ1) is 11.7. The number of carbonyl (C=O) groups is 1. The van der Waals surface area contributed by atoms with Crippen LogP contribution in [0.2, 0.25) is 0 Å². The molecule has 2 heterocycles. The lowest BCUT2D eigenvalue weighted by molar-refractivity contribution is -0.000447. The van der Waals surface area contributed by atoms with Gasteiger partial charge in [-0.2, -0.15) is 0 Å². The molecule has 0 amide bonds. The average molecular weight is 245 g/mol. The molecule has 2 saturated heterocycles. The van der Waals surface area contributed by atoms with E-state index in [1.165, 1.54) is 12.8 Å². The van der Waals surface area contributed by atoms with Crippen LogP contribution in [-0.4, -0.2) is 36.1 Å². The SMILES string of the molecule is CN1[C@@H]2CC[C@H]1CC(OC(=O)c1ccccc1)C2. The lowest BCUT2D eigenvalue weighted by atomic mass is 10.0. The van der Waals surface area contributed by atoms with Gasteiger partial charge in [-0.1, -0.05) is 18.2 Å². The Balaban J connectivity index is 1.63. The molecule has 3 atom stereocenters. The summed E-state index contributed by atoms with van der Waals surface area (Å²) >= 11 is 0. The number of nitrogens with zero attached hydrogens (tertiary/aromatic N) is 1. The summed E-state index contributed by atoms with van der Waals surface area (Å²) in [6.45, 7) is 0. The Labute approximate surface area is 108 Å². The zero-order valence-electron chi connectivity index (χ0n) is 10.7. The van der Waals surface area contributed by atoms with Gasteiger partial charge in [0.2, 0.25) is 0 Å². The van der Waals surface area contributed by atoms with Gasteiger partial charge in [-0.05, 0) is 32.0 Å². The molecule has 2 aliphatic rings. The van der Waals surface area contributed by atoms with E-state index in [1.54, 1.807) is 0 Å². The van der Waals surface area contributed by atoms with Gasteiger partial charge in [0.05, 0.1) is 5.56 Å². The molecule has 0 aliphatic carbocycles. The molecule has 0 spiro atoms. The predicted molar refractivity (Wildman–Crippen MR) is 69.5 cm³/mol. The lowest BCUT2D eigenvalue weighted by Gasteiger charge is -2.35. The summed E-state index contributed by atoms with van der Waals surface area (Å²) in [7, 11) is 2.19. The maximum absolute atomic E-state index is 12.0. The van der Waals surface area contributed by atoms with Crippen LogP contribution in [0.15, 0.2) is 30.3 Å². The van der Waals surface area contributed by atoms with E-state index in [9.17, 15) is 4.79 Å². The second-order valence-electron chi connectivity index (χ2n) is 5.42. The third-order valence-electron chi connectivity index (χ3n) is 4.34. The van der Waals surface area contributed by atoms with Crippen LogP contribution in [0, 0.1) is 0 Å². The summed E-state index contributed by atoms with van der Waals surface area (Å²) in [6, 6.07) is 10.5. The summed E-state index contributed by atoms with van der Waals surface area (Å²) in [5, 5.41) is 0. The number of piperidine rings is 1. The second kappa shape index (κ2) is 4.73. The van der Waals surface area contributed by atoms with E-state index in [-0.39, 0.29) is 12.1 Å². The Hall–Kier alpha value is -1.35. The van der Waals surface area contributed by atoms with Crippen LogP contribution < -0.4 is 0 Å². The van der Waals surface area contributed by atoms with Gasteiger partial charge < -0.3 is 9.64 Å². The van der Waals surface area contributed by atoms with Gasteiger partial charge in [-0.25, -0.2) is 4.79 Å². The zero-order chi connectivity index (χ0) is 12.5. The molecule has 3 heteroatoms. The smallest absolute Gasteiger partial charge is 0.338 e. The molecular formula is C15H19NO2. The highest BCUT2D eigenvalue weighted by molar-refractivity contribution is 5.89. The molecule has 0 N–H and O–H groups in total. The monoisotopic (exact) mass is 245 g/mol.